The van der Waals surface area contributed by atoms with Crippen LogP contribution in [0.5, 0.6) is 0 Å². The molecule has 21 heavy (non-hydrogen) atoms. The van der Waals surface area contributed by atoms with Gasteiger partial charge in [0.05, 0.1) is 5.69 Å². The van der Waals surface area contributed by atoms with Crippen LogP contribution in [0.25, 0.3) is 0 Å². The molecule has 0 saturated carbocycles. The minimum atomic E-state index is 0. The zero-order valence-electron chi connectivity index (χ0n) is 13.7. The zero-order valence-corrected chi connectivity index (χ0v) is 16.0. The zero-order chi connectivity index (χ0) is 15.0. The monoisotopic (exact) mass is 409 g/mol. The molecule has 2 N–H and O–H groups in total. The second-order valence-electron chi connectivity index (χ2n) is 4.68. The highest BCUT2D eigenvalue weighted by molar-refractivity contribution is 14.0. The molecule has 1 heterocycles. The molecule has 1 aromatic heterocycles. The highest BCUT2D eigenvalue weighted by Gasteiger charge is 2.09. The molecule has 0 aliphatic rings. The highest BCUT2D eigenvalue weighted by atomic mass is 127. The molecule has 0 unspecified atom stereocenters. The van der Waals surface area contributed by atoms with Crippen LogP contribution in [0.2, 0.25) is 0 Å². The van der Waals surface area contributed by atoms with Crippen molar-refractivity contribution in [3.05, 3.63) is 17.0 Å². The molecule has 1 rings (SSSR count). The lowest BCUT2D eigenvalue weighted by molar-refractivity contribution is 0.145. The topological polar surface area (TPSA) is 63.5 Å². The van der Waals surface area contributed by atoms with Crippen molar-refractivity contribution in [2.45, 2.75) is 33.7 Å². The third-order valence-electron chi connectivity index (χ3n) is 3.28. The Hall–Kier alpha value is -0.830. The number of nitrogens with zero attached hydrogens (tertiary/aromatic N) is 3. The van der Waals surface area contributed by atoms with Crippen molar-refractivity contribution in [1.82, 2.24) is 20.4 Å². The molecule has 0 atom stereocenters. The summed E-state index contributed by atoms with van der Waals surface area (Å²) in [6.45, 7) is 9.25. The quantitative estimate of drug-likeness (QED) is 0.312. The van der Waals surface area contributed by atoms with Gasteiger partial charge in [0.2, 0.25) is 0 Å². The molecule has 1 aromatic rings. The molecule has 0 aliphatic carbocycles. The molecular weight excluding hydrogens is 381 g/mol. The Bertz CT molecular complexity index is 445. The average molecular weight is 409 g/mol. The molecule has 7 heteroatoms. The molecule has 0 aromatic carbocycles. The standard InChI is InChI=1S/C14H27N5O.HI/c1-6-20-9-7-8-16-14(15-4)17-10-13-11(2)18-19(5)12(13)3;/h6-10H2,1-5H3,(H2,15,16,17);1H. The Morgan fingerprint density at radius 1 is 1.33 bits per heavy atom. The number of aliphatic imine (C=N–C) groups is 1. The van der Waals surface area contributed by atoms with Crippen LogP contribution in [0.15, 0.2) is 4.99 Å². The molecule has 0 amide bonds. The van der Waals surface area contributed by atoms with Crippen molar-refractivity contribution in [3.63, 3.8) is 0 Å². The number of aromatic nitrogens is 2. The van der Waals surface area contributed by atoms with Crippen molar-refractivity contribution in [2.24, 2.45) is 12.0 Å². The van der Waals surface area contributed by atoms with Crippen LogP contribution in [0.3, 0.4) is 0 Å². The number of rotatable bonds is 7. The summed E-state index contributed by atoms with van der Waals surface area (Å²) in [4.78, 5) is 4.21. The fraction of sp³-hybridized carbons (Fsp3) is 0.714. The van der Waals surface area contributed by atoms with E-state index in [9.17, 15) is 0 Å². The van der Waals surface area contributed by atoms with E-state index in [1.54, 1.807) is 7.05 Å². The largest absolute Gasteiger partial charge is 0.382 e. The van der Waals surface area contributed by atoms with E-state index in [1.165, 1.54) is 11.3 Å². The van der Waals surface area contributed by atoms with Gasteiger partial charge >= 0.3 is 0 Å². The number of guanidine groups is 1. The van der Waals surface area contributed by atoms with E-state index in [0.717, 1.165) is 44.4 Å². The van der Waals surface area contributed by atoms with Crippen LogP contribution < -0.4 is 10.6 Å². The molecule has 122 valence electrons. The van der Waals surface area contributed by atoms with Crippen LogP contribution in [-0.2, 0) is 18.3 Å². The summed E-state index contributed by atoms with van der Waals surface area (Å²) in [6.07, 6.45) is 0.972. The molecule has 0 spiro atoms. The van der Waals surface area contributed by atoms with Crippen molar-refractivity contribution < 1.29 is 4.74 Å². The molecule has 0 aliphatic heterocycles. The van der Waals surface area contributed by atoms with Crippen LogP contribution in [0.4, 0.5) is 0 Å². The molecule has 0 radical (unpaired) electrons. The van der Waals surface area contributed by atoms with E-state index in [0.29, 0.717) is 0 Å². The van der Waals surface area contributed by atoms with Gasteiger partial charge in [-0.25, -0.2) is 0 Å². The molecule has 0 bridgehead atoms. The Morgan fingerprint density at radius 3 is 2.57 bits per heavy atom. The predicted molar refractivity (Wildman–Crippen MR) is 97.4 cm³/mol. The van der Waals surface area contributed by atoms with E-state index < -0.39 is 0 Å². The maximum atomic E-state index is 5.30. The van der Waals surface area contributed by atoms with Gasteiger partial charge in [0.25, 0.3) is 0 Å². The summed E-state index contributed by atoms with van der Waals surface area (Å²) < 4.78 is 7.21. The fourth-order valence-corrected chi connectivity index (χ4v) is 1.99. The Labute approximate surface area is 144 Å². The molecule has 6 nitrogen and oxygen atoms in total. The summed E-state index contributed by atoms with van der Waals surface area (Å²) in [5.41, 5.74) is 3.47. The van der Waals surface area contributed by atoms with Gasteiger partial charge in [-0.1, -0.05) is 0 Å². The van der Waals surface area contributed by atoms with Crippen LogP contribution in [0, 0.1) is 13.8 Å². The first-order valence-corrected chi connectivity index (χ1v) is 7.11. The first-order chi connectivity index (χ1) is 9.60. The Morgan fingerprint density at radius 2 is 2.05 bits per heavy atom. The fourth-order valence-electron chi connectivity index (χ4n) is 1.99. The number of hydrogen-bond acceptors (Lipinski definition) is 3. The lowest BCUT2D eigenvalue weighted by atomic mass is 10.2. The number of hydrogen-bond donors (Lipinski definition) is 2. The predicted octanol–water partition coefficient (Wildman–Crippen LogP) is 1.75. The van der Waals surface area contributed by atoms with Gasteiger partial charge in [-0.3, -0.25) is 9.67 Å². The summed E-state index contributed by atoms with van der Waals surface area (Å²) in [5.74, 6) is 0.809. The number of aryl methyl sites for hydroxylation is 2. The van der Waals surface area contributed by atoms with E-state index in [-0.39, 0.29) is 24.0 Å². The van der Waals surface area contributed by atoms with E-state index >= 15 is 0 Å². The van der Waals surface area contributed by atoms with Crippen LogP contribution >= 0.6 is 24.0 Å². The maximum Gasteiger partial charge on any atom is 0.191 e. The summed E-state index contributed by atoms with van der Waals surface area (Å²) in [7, 11) is 3.74. The highest BCUT2D eigenvalue weighted by Crippen LogP contribution is 2.10. The lowest BCUT2D eigenvalue weighted by Gasteiger charge is -2.12. The Balaban J connectivity index is 0.00000400. The SMILES string of the molecule is CCOCCCNC(=NC)NCc1c(C)nn(C)c1C.I. The average Bonchev–Trinajstić information content (AvgIpc) is 2.67. The lowest BCUT2D eigenvalue weighted by Crippen LogP contribution is -2.37. The molecule has 0 fully saturated rings. The van der Waals surface area contributed by atoms with E-state index in [1.807, 2.05) is 25.6 Å². The van der Waals surface area contributed by atoms with Crippen molar-refractivity contribution in [2.75, 3.05) is 26.8 Å². The number of nitrogens with one attached hydrogen (secondary N) is 2. The van der Waals surface area contributed by atoms with Crippen molar-refractivity contribution >= 4 is 29.9 Å². The smallest absolute Gasteiger partial charge is 0.191 e. The number of halogens is 1. The first kappa shape index (κ1) is 20.2. The maximum absolute atomic E-state index is 5.30. The van der Waals surface area contributed by atoms with Gasteiger partial charge in [-0.05, 0) is 27.2 Å². The van der Waals surface area contributed by atoms with Crippen LogP contribution in [0.1, 0.15) is 30.3 Å². The third kappa shape index (κ3) is 6.64. The second-order valence-corrected chi connectivity index (χ2v) is 4.68. The van der Waals surface area contributed by atoms with Gasteiger partial charge in [0.1, 0.15) is 0 Å². The minimum Gasteiger partial charge on any atom is -0.382 e. The normalized spacial score (nSPS) is 11.2. The van der Waals surface area contributed by atoms with Crippen LogP contribution in [-0.4, -0.2) is 42.5 Å². The summed E-state index contributed by atoms with van der Waals surface area (Å²) in [6, 6.07) is 0. The van der Waals surface area contributed by atoms with Gasteiger partial charge in [0, 0.05) is 51.7 Å². The third-order valence-corrected chi connectivity index (χ3v) is 3.28. The van der Waals surface area contributed by atoms with Gasteiger partial charge in [-0.15, -0.1) is 24.0 Å². The van der Waals surface area contributed by atoms with Gasteiger partial charge in [-0.2, -0.15) is 5.10 Å². The molecule has 0 saturated heterocycles. The minimum absolute atomic E-state index is 0. The first-order valence-electron chi connectivity index (χ1n) is 7.11. The number of ether oxygens (including phenoxy) is 1. The van der Waals surface area contributed by atoms with E-state index in [4.69, 9.17) is 4.74 Å². The summed E-state index contributed by atoms with van der Waals surface area (Å²) >= 11 is 0. The Kier molecular flexibility index (Phi) is 10.4. The second kappa shape index (κ2) is 10.8. The van der Waals surface area contributed by atoms with Crippen molar-refractivity contribution in [3.8, 4) is 0 Å². The summed E-state index contributed by atoms with van der Waals surface area (Å²) in [5, 5.41) is 11.0. The van der Waals surface area contributed by atoms with E-state index in [2.05, 4.69) is 27.6 Å². The van der Waals surface area contributed by atoms with Gasteiger partial charge < -0.3 is 15.4 Å². The molecular formula is C14H28IN5O. The van der Waals surface area contributed by atoms with Gasteiger partial charge in [0.15, 0.2) is 5.96 Å². The van der Waals surface area contributed by atoms with Crippen molar-refractivity contribution in [1.29, 1.82) is 0 Å².